The lowest BCUT2D eigenvalue weighted by Crippen LogP contribution is -2.25. The fraction of sp³-hybridized carbons (Fsp3) is 0.318. The molecule has 0 spiro atoms. The lowest BCUT2D eigenvalue weighted by Gasteiger charge is -2.17. The van der Waals surface area contributed by atoms with Crippen molar-refractivity contribution in [1.82, 2.24) is 4.90 Å². The molecule has 0 saturated heterocycles. The van der Waals surface area contributed by atoms with Gasteiger partial charge in [-0.05, 0) is 49.8 Å². The highest BCUT2D eigenvalue weighted by atomic mass is 16.5. The number of benzene rings is 2. The first-order chi connectivity index (χ1) is 13.2. The Hall–Kier alpha value is -2.79. The Bertz CT molecular complexity index is 795. The number of amides is 1. The van der Waals surface area contributed by atoms with Crippen LogP contribution in [0.4, 0.5) is 11.4 Å². The molecule has 0 fully saturated rings. The SMILES string of the molecule is CCN(CC)CCCOc1ccc(NC=C2C(=O)Nc3ccccc32)cc1. The Morgan fingerprint density at radius 3 is 2.56 bits per heavy atom. The summed E-state index contributed by atoms with van der Waals surface area (Å²) in [6.45, 7) is 8.29. The average Bonchev–Trinajstić information content (AvgIpc) is 3.02. The Morgan fingerprint density at radius 1 is 1.07 bits per heavy atom. The molecule has 1 heterocycles. The van der Waals surface area contributed by atoms with Crippen LogP contribution in [0.2, 0.25) is 0 Å². The van der Waals surface area contributed by atoms with Crippen molar-refractivity contribution in [3.8, 4) is 5.75 Å². The average molecular weight is 365 g/mol. The number of para-hydroxylation sites is 1. The lowest BCUT2D eigenvalue weighted by atomic mass is 10.1. The molecule has 0 aliphatic carbocycles. The van der Waals surface area contributed by atoms with E-state index in [9.17, 15) is 4.79 Å². The van der Waals surface area contributed by atoms with Crippen LogP contribution < -0.4 is 15.4 Å². The van der Waals surface area contributed by atoms with Crippen molar-refractivity contribution < 1.29 is 9.53 Å². The van der Waals surface area contributed by atoms with Crippen LogP contribution in [0, 0.1) is 0 Å². The van der Waals surface area contributed by atoms with Gasteiger partial charge in [-0.1, -0.05) is 32.0 Å². The summed E-state index contributed by atoms with van der Waals surface area (Å²) in [6, 6.07) is 15.5. The number of rotatable bonds is 9. The summed E-state index contributed by atoms with van der Waals surface area (Å²) in [5.41, 5.74) is 3.32. The van der Waals surface area contributed by atoms with Crippen molar-refractivity contribution in [3.63, 3.8) is 0 Å². The Kier molecular flexibility index (Phi) is 6.49. The predicted molar refractivity (Wildman–Crippen MR) is 111 cm³/mol. The maximum Gasteiger partial charge on any atom is 0.257 e. The van der Waals surface area contributed by atoms with Gasteiger partial charge in [0.25, 0.3) is 5.91 Å². The van der Waals surface area contributed by atoms with E-state index in [1.165, 1.54) is 0 Å². The largest absolute Gasteiger partial charge is 0.494 e. The molecule has 142 valence electrons. The summed E-state index contributed by atoms with van der Waals surface area (Å²) in [7, 11) is 0. The summed E-state index contributed by atoms with van der Waals surface area (Å²) < 4.78 is 5.81. The quantitative estimate of drug-likeness (QED) is 0.516. The molecule has 2 N–H and O–H groups in total. The lowest BCUT2D eigenvalue weighted by molar-refractivity contribution is -0.110. The third-order valence-corrected chi connectivity index (χ3v) is 4.73. The van der Waals surface area contributed by atoms with Crippen molar-refractivity contribution in [1.29, 1.82) is 0 Å². The molecule has 5 heteroatoms. The molecule has 3 rings (SSSR count). The molecule has 1 aliphatic heterocycles. The monoisotopic (exact) mass is 365 g/mol. The van der Waals surface area contributed by atoms with Crippen LogP contribution in [0.1, 0.15) is 25.8 Å². The molecule has 1 aliphatic rings. The first-order valence-electron chi connectivity index (χ1n) is 9.54. The molecule has 5 nitrogen and oxygen atoms in total. The zero-order valence-corrected chi connectivity index (χ0v) is 16.0. The molecule has 0 saturated carbocycles. The van der Waals surface area contributed by atoms with Crippen LogP contribution in [0.25, 0.3) is 5.57 Å². The van der Waals surface area contributed by atoms with Crippen molar-refractivity contribution in [2.45, 2.75) is 20.3 Å². The molecule has 0 unspecified atom stereocenters. The highest BCUT2D eigenvalue weighted by Gasteiger charge is 2.23. The van der Waals surface area contributed by atoms with E-state index >= 15 is 0 Å². The third-order valence-electron chi connectivity index (χ3n) is 4.73. The summed E-state index contributed by atoms with van der Waals surface area (Å²) in [4.78, 5) is 14.5. The van der Waals surface area contributed by atoms with Crippen LogP contribution in [0.5, 0.6) is 5.75 Å². The van der Waals surface area contributed by atoms with E-state index in [1.807, 2.05) is 48.5 Å². The van der Waals surface area contributed by atoms with Crippen LogP contribution in [-0.4, -0.2) is 37.0 Å². The van der Waals surface area contributed by atoms with Gasteiger partial charge >= 0.3 is 0 Å². The van der Waals surface area contributed by atoms with E-state index in [0.717, 1.165) is 48.7 Å². The maximum absolute atomic E-state index is 12.1. The zero-order valence-electron chi connectivity index (χ0n) is 16.0. The minimum Gasteiger partial charge on any atom is -0.494 e. The van der Waals surface area contributed by atoms with Gasteiger partial charge in [0.15, 0.2) is 0 Å². The van der Waals surface area contributed by atoms with E-state index in [-0.39, 0.29) is 5.91 Å². The predicted octanol–water partition coefficient (Wildman–Crippen LogP) is 4.20. The standard InChI is InChI=1S/C22H27N3O2/c1-3-25(4-2)14-7-15-27-18-12-10-17(11-13-18)23-16-20-19-8-5-6-9-21(19)24-22(20)26/h5-6,8-13,16,23H,3-4,7,14-15H2,1-2H3,(H,24,26). The first kappa shape index (κ1) is 19.0. The number of carbonyl (C=O) groups is 1. The summed E-state index contributed by atoms with van der Waals surface area (Å²) in [5, 5.41) is 6.06. The number of hydrogen-bond acceptors (Lipinski definition) is 4. The smallest absolute Gasteiger partial charge is 0.257 e. The third kappa shape index (κ3) is 4.89. The summed E-state index contributed by atoms with van der Waals surface area (Å²) >= 11 is 0. The minimum absolute atomic E-state index is 0.0862. The fourth-order valence-corrected chi connectivity index (χ4v) is 3.10. The van der Waals surface area contributed by atoms with E-state index in [4.69, 9.17) is 4.74 Å². The van der Waals surface area contributed by atoms with Gasteiger partial charge in [-0.25, -0.2) is 0 Å². The van der Waals surface area contributed by atoms with Crippen LogP contribution in [0.3, 0.4) is 0 Å². The Balaban J connectivity index is 1.52. The molecule has 2 aromatic carbocycles. The van der Waals surface area contributed by atoms with Crippen LogP contribution >= 0.6 is 0 Å². The molecular weight excluding hydrogens is 338 g/mol. The van der Waals surface area contributed by atoms with E-state index in [1.54, 1.807) is 6.20 Å². The van der Waals surface area contributed by atoms with Crippen molar-refractivity contribution in [2.24, 2.45) is 0 Å². The Labute approximate surface area is 161 Å². The molecular formula is C22H27N3O2. The highest BCUT2D eigenvalue weighted by molar-refractivity contribution is 6.31. The second-order valence-corrected chi connectivity index (χ2v) is 6.46. The van der Waals surface area contributed by atoms with Gasteiger partial charge in [0.2, 0.25) is 0 Å². The van der Waals surface area contributed by atoms with E-state index in [2.05, 4.69) is 29.4 Å². The van der Waals surface area contributed by atoms with Crippen molar-refractivity contribution in [2.75, 3.05) is 36.9 Å². The van der Waals surface area contributed by atoms with Crippen molar-refractivity contribution in [3.05, 3.63) is 60.3 Å². The van der Waals surface area contributed by atoms with Crippen LogP contribution in [-0.2, 0) is 4.79 Å². The Morgan fingerprint density at radius 2 is 1.81 bits per heavy atom. The maximum atomic E-state index is 12.1. The summed E-state index contributed by atoms with van der Waals surface area (Å²) in [5.74, 6) is 0.772. The molecule has 1 amide bonds. The zero-order chi connectivity index (χ0) is 19.1. The molecule has 0 radical (unpaired) electrons. The second-order valence-electron chi connectivity index (χ2n) is 6.46. The first-order valence-corrected chi connectivity index (χ1v) is 9.54. The fourth-order valence-electron chi connectivity index (χ4n) is 3.10. The van der Waals surface area contributed by atoms with Crippen molar-refractivity contribution >= 4 is 22.9 Å². The van der Waals surface area contributed by atoms with Gasteiger partial charge in [-0.3, -0.25) is 4.79 Å². The number of carbonyl (C=O) groups excluding carboxylic acids is 1. The molecule has 2 aromatic rings. The number of ether oxygens (including phenoxy) is 1. The molecule has 0 bridgehead atoms. The number of nitrogens with one attached hydrogen (secondary N) is 2. The van der Waals surface area contributed by atoms with Gasteiger partial charge in [0, 0.05) is 29.7 Å². The van der Waals surface area contributed by atoms with E-state index in [0.29, 0.717) is 12.2 Å². The van der Waals surface area contributed by atoms with E-state index < -0.39 is 0 Å². The summed E-state index contributed by atoms with van der Waals surface area (Å²) in [6.07, 6.45) is 2.77. The van der Waals surface area contributed by atoms with Gasteiger partial charge in [0.1, 0.15) is 5.75 Å². The number of nitrogens with zero attached hydrogens (tertiary/aromatic N) is 1. The number of hydrogen-bond donors (Lipinski definition) is 2. The highest BCUT2D eigenvalue weighted by Crippen LogP contribution is 2.31. The normalized spacial score (nSPS) is 14.3. The molecule has 0 atom stereocenters. The van der Waals surface area contributed by atoms with Gasteiger partial charge in [0.05, 0.1) is 12.2 Å². The topological polar surface area (TPSA) is 53.6 Å². The molecule has 27 heavy (non-hydrogen) atoms. The van der Waals surface area contributed by atoms with Gasteiger partial charge < -0.3 is 20.3 Å². The number of anilines is 2. The number of fused-ring (bicyclic) bond motifs is 1. The molecule has 0 aromatic heterocycles. The van der Waals surface area contributed by atoms with Crippen LogP contribution in [0.15, 0.2) is 54.7 Å². The van der Waals surface area contributed by atoms with Gasteiger partial charge in [-0.2, -0.15) is 0 Å². The minimum atomic E-state index is -0.0862. The van der Waals surface area contributed by atoms with Gasteiger partial charge in [-0.15, -0.1) is 0 Å². The second kappa shape index (κ2) is 9.24.